The lowest BCUT2D eigenvalue weighted by Gasteiger charge is -2.36. The van der Waals surface area contributed by atoms with Crippen LogP contribution >= 0.6 is 7.82 Å². The maximum atomic E-state index is 13.6. The molecule has 0 amide bonds. The molecule has 1 heterocycles. The summed E-state index contributed by atoms with van der Waals surface area (Å²) in [6.07, 6.45) is 7.19. The van der Waals surface area contributed by atoms with E-state index >= 15 is 0 Å². The van der Waals surface area contributed by atoms with E-state index in [2.05, 4.69) is 31.2 Å². The summed E-state index contributed by atoms with van der Waals surface area (Å²) in [7, 11) is -5.45. The zero-order chi connectivity index (χ0) is 45.9. The highest BCUT2D eigenvalue weighted by molar-refractivity contribution is 7.47. The minimum absolute atomic E-state index is 0.0859. The number of carbonyl (C=O) groups is 3. The van der Waals surface area contributed by atoms with Crippen LogP contribution in [0.4, 0.5) is 0 Å². The number of rotatable bonds is 20. The maximum absolute atomic E-state index is 13.6. The zero-order valence-electron chi connectivity index (χ0n) is 36.6. The van der Waals surface area contributed by atoms with Gasteiger partial charge < -0.3 is 50.1 Å². The molecule has 2 bridgehead atoms. The predicted octanol–water partition coefficient (Wildman–Crippen LogP) is 4.98. The minimum atomic E-state index is -5.45. The normalized spacial score (nSPS) is 32.4. The monoisotopic (exact) mass is 902 g/mol. The number of hydrogen-bond donors (Lipinski definition) is 8. The third-order valence-corrected chi connectivity index (χ3v) is 12.0. The molecular formula is C45H75O16P. The third-order valence-electron chi connectivity index (χ3n) is 11.0. The maximum Gasteiger partial charge on any atom is 0.472 e. The van der Waals surface area contributed by atoms with Gasteiger partial charge in [0.1, 0.15) is 36.8 Å². The Morgan fingerprint density at radius 1 is 0.855 bits per heavy atom. The summed E-state index contributed by atoms with van der Waals surface area (Å²) in [5, 5.41) is 78.3. The van der Waals surface area contributed by atoms with Gasteiger partial charge in [0.25, 0.3) is 0 Å². The molecule has 8 N–H and O–H groups in total. The number of Topliss-reactive ketones (excluding diaryl/α,β-unsaturated/α-hetero) is 1. The number of ether oxygens (including phenoxy) is 2. The Morgan fingerprint density at radius 3 is 2.27 bits per heavy atom. The van der Waals surface area contributed by atoms with Crippen LogP contribution in [0, 0.1) is 11.8 Å². The summed E-state index contributed by atoms with van der Waals surface area (Å²) < 4.78 is 34.5. The Bertz CT molecular complexity index is 1450. The van der Waals surface area contributed by atoms with Crippen molar-refractivity contribution in [3.8, 4) is 0 Å². The first-order valence-electron chi connectivity index (χ1n) is 22.5. The molecule has 1 aliphatic carbocycles. The van der Waals surface area contributed by atoms with Gasteiger partial charge in [-0.25, -0.2) is 4.57 Å². The fourth-order valence-corrected chi connectivity index (χ4v) is 8.18. The first-order chi connectivity index (χ1) is 29.6. The highest BCUT2D eigenvalue weighted by atomic mass is 31.2. The van der Waals surface area contributed by atoms with E-state index < -0.39 is 112 Å². The first kappa shape index (κ1) is 55.5. The van der Waals surface area contributed by atoms with Crippen LogP contribution in [-0.2, 0) is 37.5 Å². The molecule has 12 atom stereocenters. The van der Waals surface area contributed by atoms with Gasteiger partial charge in [-0.3, -0.25) is 23.4 Å². The molecule has 16 nitrogen and oxygen atoms in total. The smallest absolute Gasteiger partial charge is 0.462 e. The van der Waals surface area contributed by atoms with Gasteiger partial charge in [-0.05, 0) is 57.8 Å². The Labute approximate surface area is 367 Å². The number of aliphatic hydroxyl groups is 7. The molecule has 0 aromatic carbocycles. The lowest BCUT2D eigenvalue weighted by molar-refractivity contribution is -0.166. The molecule has 1 fully saturated rings. The number of carbonyl (C=O) groups excluding carboxylic acids is 3. The van der Waals surface area contributed by atoms with Crippen LogP contribution in [0.2, 0.25) is 0 Å². The molecule has 0 radical (unpaired) electrons. The molecule has 0 aromatic rings. The molecule has 356 valence electrons. The van der Waals surface area contributed by atoms with E-state index in [4.69, 9.17) is 18.5 Å². The standard InChI is InChI=1S/C45H75O16P/c1-3-5-7-8-9-10-11-12-13-14-15-16-21-25-38(49)58-30-33-31-59-62(56,57)61-45-43(54)41(52)35(28-27-32(46)23-19-6-4-2)37(48)29-36(47)34(40(51)42(53)44(45)55)24-20-17-18-22-26-39(50)60-33/h7-8,10-11,17,20,27-28,32-35,37,40-46,48,51-55H,3-6,9,12-16,18-19,21-26,29-31H2,1-2H3,(H,56,57)/b8-7-,11-10-,20-17-,28-27+/t32-,33+,34-,35-,37+,40+,41+,42-,43+,44+,45+/m0/s1. The minimum Gasteiger partial charge on any atom is -0.462 e. The number of phosphoric acid groups is 1. The van der Waals surface area contributed by atoms with Crippen LogP contribution in [0.1, 0.15) is 136 Å². The van der Waals surface area contributed by atoms with Crippen molar-refractivity contribution in [3.05, 3.63) is 48.6 Å². The van der Waals surface area contributed by atoms with Crippen molar-refractivity contribution in [2.75, 3.05) is 13.2 Å². The van der Waals surface area contributed by atoms with Crippen LogP contribution in [0.5, 0.6) is 0 Å². The highest BCUT2D eigenvalue weighted by Gasteiger charge is 2.49. The average Bonchev–Trinajstić information content (AvgIpc) is 3.23. The summed E-state index contributed by atoms with van der Waals surface area (Å²) in [5.41, 5.74) is 0. The van der Waals surface area contributed by atoms with Gasteiger partial charge in [0, 0.05) is 31.1 Å². The lowest BCUT2D eigenvalue weighted by atomic mass is 9.84. The van der Waals surface area contributed by atoms with Crippen molar-refractivity contribution in [1.82, 2.24) is 0 Å². The van der Waals surface area contributed by atoms with E-state index in [0.717, 1.165) is 64.2 Å². The molecule has 62 heavy (non-hydrogen) atoms. The summed E-state index contributed by atoms with van der Waals surface area (Å²) in [6, 6.07) is 0. The van der Waals surface area contributed by atoms with Gasteiger partial charge in [0.05, 0.1) is 31.0 Å². The molecule has 0 spiro atoms. The van der Waals surface area contributed by atoms with Crippen LogP contribution in [-0.4, -0.2) is 127 Å². The lowest BCUT2D eigenvalue weighted by Crippen LogP contribution is -2.55. The summed E-state index contributed by atoms with van der Waals surface area (Å²) >= 11 is 0. The van der Waals surface area contributed by atoms with Crippen LogP contribution in [0.3, 0.4) is 0 Å². The molecule has 1 aliphatic heterocycles. The van der Waals surface area contributed by atoms with Gasteiger partial charge in [0.2, 0.25) is 0 Å². The second kappa shape index (κ2) is 31.3. The van der Waals surface area contributed by atoms with E-state index in [1.54, 1.807) is 6.08 Å². The van der Waals surface area contributed by atoms with Gasteiger partial charge in [0.15, 0.2) is 6.10 Å². The average molecular weight is 903 g/mol. The topological polar surface area (TPSA) is 267 Å². The van der Waals surface area contributed by atoms with E-state index in [1.165, 1.54) is 18.2 Å². The van der Waals surface area contributed by atoms with E-state index in [-0.39, 0.29) is 25.7 Å². The molecule has 1 unspecified atom stereocenters. The van der Waals surface area contributed by atoms with Gasteiger partial charge >= 0.3 is 19.8 Å². The van der Waals surface area contributed by atoms with Crippen LogP contribution in [0.25, 0.3) is 0 Å². The largest absolute Gasteiger partial charge is 0.472 e. The van der Waals surface area contributed by atoms with Gasteiger partial charge in [-0.15, -0.1) is 0 Å². The van der Waals surface area contributed by atoms with Crippen LogP contribution < -0.4 is 0 Å². The number of unbranched alkanes of at least 4 members (excludes halogenated alkanes) is 8. The van der Waals surface area contributed by atoms with E-state index in [1.807, 2.05) is 6.92 Å². The van der Waals surface area contributed by atoms with Crippen molar-refractivity contribution >= 4 is 25.5 Å². The molecule has 0 aromatic heterocycles. The second-order valence-corrected chi connectivity index (χ2v) is 17.7. The molecule has 1 saturated carbocycles. The molecule has 0 saturated heterocycles. The molecular weight excluding hydrogens is 827 g/mol. The number of hydrogen-bond acceptors (Lipinski definition) is 15. The van der Waals surface area contributed by atoms with Crippen molar-refractivity contribution in [1.29, 1.82) is 0 Å². The predicted molar refractivity (Wildman–Crippen MR) is 231 cm³/mol. The zero-order valence-corrected chi connectivity index (χ0v) is 37.5. The van der Waals surface area contributed by atoms with Crippen molar-refractivity contribution in [2.24, 2.45) is 11.8 Å². The van der Waals surface area contributed by atoms with E-state index in [0.29, 0.717) is 25.7 Å². The number of esters is 2. The Morgan fingerprint density at radius 2 is 1.55 bits per heavy atom. The number of aliphatic hydroxyl groups excluding tert-OH is 7. The fourth-order valence-electron chi connectivity index (χ4n) is 7.20. The molecule has 17 heteroatoms. The number of fused-ring (bicyclic) bond motifs is 4. The number of phosphoric ester groups is 1. The number of ketones is 1. The Balaban J connectivity index is 2.23. The summed E-state index contributed by atoms with van der Waals surface area (Å²) in [6.45, 7) is 2.70. The first-order valence-corrected chi connectivity index (χ1v) is 24.0. The van der Waals surface area contributed by atoms with Gasteiger partial charge in [-0.2, -0.15) is 0 Å². The number of allylic oxidation sites excluding steroid dienone is 6. The second-order valence-electron chi connectivity index (χ2n) is 16.3. The molecule has 2 aliphatic rings. The highest BCUT2D eigenvalue weighted by Crippen LogP contribution is 2.47. The van der Waals surface area contributed by atoms with Crippen molar-refractivity contribution < 1.29 is 78.1 Å². The number of cyclic esters (lactones) is 1. The molecule has 2 rings (SSSR count). The SMILES string of the molecule is CCC/C=C\C/C=C\CCCCCCCC(=O)OC[C@@H]1COP(=O)(O)O[C@H]2[C@H](O)[C@@H](O)[C@H](O)[C@@H](C/C=C\CCCC(=O)O1)C(=O)C[C@@H](O)[C@H](/C=C/[C@@H](O)CCCCC)[C@@H](O)[C@H]2O. The van der Waals surface area contributed by atoms with Crippen molar-refractivity contribution in [3.63, 3.8) is 0 Å². The summed E-state index contributed by atoms with van der Waals surface area (Å²) in [4.78, 5) is 49.8. The fraction of sp³-hybridized carbons (Fsp3) is 0.756. The Hall–Kier alpha value is -2.60. The third kappa shape index (κ3) is 21.9. The summed E-state index contributed by atoms with van der Waals surface area (Å²) in [5.74, 6) is -5.08. The Kier molecular flexibility index (Phi) is 28.0. The quantitative estimate of drug-likeness (QED) is 0.0347. The van der Waals surface area contributed by atoms with Gasteiger partial charge in [-0.1, -0.05) is 107 Å². The van der Waals surface area contributed by atoms with E-state index in [9.17, 15) is 59.6 Å². The van der Waals surface area contributed by atoms with Crippen LogP contribution in [0.15, 0.2) is 48.6 Å². The van der Waals surface area contributed by atoms with Crippen molar-refractivity contribution in [2.45, 2.75) is 191 Å².